The third kappa shape index (κ3) is 5.23. The van der Waals surface area contributed by atoms with E-state index in [-0.39, 0.29) is 17.6 Å². The fourth-order valence-electron chi connectivity index (χ4n) is 3.92. The van der Waals surface area contributed by atoms with Gasteiger partial charge in [-0.1, -0.05) is 57.9 Å². The molecular weight excluding hydrogens is 534 g/mol. The van der Waals surface area contributed by atoms with Crippen molar-refractivity contribution in [2.24, 2.45) is 10.2 Å². The molecule has 1 aromatic heterocycles. The first-order valence-corrected chi connectivity index (χ1v) is 12.1. The lowest BCUT2D eigenvalue weighted by Crippen LogP contribution is -2.35. The lowest BCUT2D eigenvalue weighted by Gasteiger charge is -2.12. The summed E-state index contributed by atoms with van der Waals surface area (Å²) in [7, 11) is 0. The number of hydrazine groups is 1. The van der Waals surface area contributed by atoms with Gasteiger partial charge in [-0.25, -0.2) is 10.9 Å². The number of fused-ring (bicyclic) bond motifs is 1. The van der Waals surface area contributed by atoms with Gasteiger partial charge < -0.3 is 14.8 Å². The van der Waals surface area contributed by atoms with E-state index in [9.17, 15) is 9.90 Å². The topological polar surface area (TPSA) is 111 Å². The number of benzene rings is 3. The SMILES string of the molecule is O=C(N=Nc1c(O)[nH]c2ccc(Br)cc12)C1CC(c2ccc(OCc3ccccc3Cl)cc2)NN1. The van der Waals surface area contributed by atoms with E-state index in [4.69, 9.17) is 16.3 Å². The zero-order valence-corrected chi connectivity index (χ0v) is 20.7. The lowest BCUT2D eigenvalue weighted by molar-refractivity contribution is -0.120. The van der Waals surface area contributed by atoms with Crippen molar-refractivity contribution < 1.29 is 14.6 Å². The predicted octanol–water partition coefficient (Wildman–Crippen LogP) is 6.09. The maximum absolute atomic E-state index is 12.6. The largest absolute Gasteiger partial charge is 0.493 e. The van der Waals surface area contributed by atoms with Gasteiger partial charge in [-0.2, -0.15) is 0 Å². The van der Waals surface area contributed by atoms with Crippen LogP contribution in [-0.2, 0) is 11.4 Å². The first kappa shape index (κ1) is 23.5. The molecule has 2 unspecified atom stereocenters. The highest BCUT2D eigenvalue weighted by Gasteiger charge is 2.30. The van der Waals surface area contributed by atoms with Crippen LogP contribution in [0.4, 0.5) is 5.69 Å². The molecule has 1 amide bonds. The number of amides is 1. The van der Waals surface area contributed by atoms with Gasteiger partial charge >= 0.3 is 0 Å². The summed E-state index contributed by atoms with van der Waals surface area (Å²) in [5.74, 6) is 0.163. The van der Waals surface area contributed by atoms with Gasteiger partial charge in [-0.05, 0) is 48.4 Å². The normalized spacial score (nSPS) is 17.9. The summed E-state index contributed by atoms with van der Waals surface area (Å²) in [5, 5.41) is 19.4. The van der Waals surface area contributed by atoms with Crippen LogP contribution in [0.5, 0.6) is 11.6 Å². The van der Waals surface area contributed by atoms with E-state index in [0.29, 0.717) is 29.0 Å². The molecular formula is C25H21BrClN5O3. The molecule has 10 heteroatoms. The number of ether oxygens (including phenoxy) is 1. The van der Waals surface area contributed by atoms with Crippen LogP contribution in [0.3, 0.4) is 0 Å². The zero-order valence-electron chi connectivity index (χ0n) is 18.3. The number of nitrogens with one attached hydrogen (secondary N) is 3. The minimum absolute atomic E-state index is 0.0748. The second-order valence-corrected chi connectivity index (χ2v) is 9.45. The molecule has 2 heterocycles. The van der Waals surface area contributed by atoms with E-state index in [1.807, 2.05) is 54.6 Å². The number of carbonyl (C=O) groups excluding carboxylic acids is 1. The Hall–Kier alpha value is -3.24. The van der Waals surface area contributed by atoms with Crippen LogP contribution < -0.4 is 15.6 Å². The van der Waals surface area contributed by atoms with Crippen molar-refractivity contribution in [3.8, 4) is 11.6 Å². The Balaban J connectivity index is 1.20. The van der Waals surface area contributed by atoms with Crippen LogP contribution in [0.25, 0.3) is 10.9 Å². The Labute approximate surface area is 214 Å². The van der Waals surface area contributed by atoms with Crippen molar-refractivity contribution in [3.63, 3.8) is 0 Å². The van der Waals surface area contributed by atoms with Crippen molar-refractivity contribution in [2.75, 3.05) is 0 Å². The maximum Gasteiger partial charge on any atom is 0.282 e. The van der Waals surface area contributed by atoms with Crippen molar-refractivity contribution in [1.82, 2.24) is 15.8 Å². The molecule has 2 atom stereocenters. The Bertz CT molecular complexity index is 1410. The molecule has 0 radical (unpaired) electrons. The molecule has 1 fully saturated rings. The number of aromatic amines is 1. The molecule has 178 valence electrons. The van der Waals surface area contributed by atoms with Crippen molar-refractivity contribution in [1.29, 1.82) is 0 Å². The molecule has 0 aliphatic carbocycles. The highest BCUT2D eigenvalue weighted by molar-refractivity contribution is 9.10. The second kappa shape index (κ2) is 10.2. The molecule has 35 heavy (non-hydrogen) atoms. The van der Waals surface area contributed by atoms with Crippen LogP contribution >= 0.6 is 27.5 Å². The summed E-state index contributed by atoms with van der Waals surface area (Å²) < 4.78 is 6.67. The van der Waals surface area contributed by atoms with Crippen molar-refractivity contribution in [3.05, 3.63) is 87.4 Å². The smallest absolute Gasteiger partial charge is 0.282 e. The quantitative estimate of drug-likeness (QED) is 0.216. The van der Waals surface area contributed by atoms with Gasteiger partial charge in [0.1, 0.15) is 18.4 Å². The Kier molecular flexibility index (Phi) is 6.83. The van der Waals surface area contributed by atoms with Crippen LogP contribution in [0.15, 0.2) is 81.4 Å². The molecule has 0 spiro atoms. The molecule has 4 aromatic rings. The fourth-order valence-corrected chi connectivity index (χ4v) is 4.47. The van der Waals surface area contributed by atoms with Gasteiger partial charge in [0.25, 0.3) is 5.91 Å². The van der Waals surface area contributed by atoms with Gasteiger partial charge in [0.15, 0.2) is 5.69 Å². The third-order valence-electron chi connectivity index (χ3n) is 5.80. The summed E-state index contributed by atoms with van der Waals surface area (Å²) >= 11 is 9.58. The first-order chi connectivity index (χ1) is 17.0. The molecule has 4 N–H and O–H groups in total. The van der Waals surface area contributed by atoms with E-state index < -0.39 is 11.9 Å². The number of halogens is 2. The van der Waals surface area contributed by atoms with E-state index in [1.165, 1.54) is 0 Å². The van der Waals surface area contributed by atoms with E-state index in [2.05, 4.69) is 42.0 Å². The van der Waals surface area contributed by atoms with E-state index in [0.717, 1.165) is 21.3 Å². The number of H-pyrrole nitrogens is 1. The third-order valence-corrected chi connectivity index (χ3v) is 6.66. The number of nitrogens with zero attached hydrogens (tertiary/aromatic N) is 2. The molecule has 1 aliphatic heterocycles. The predicted molar refractivity (Wildman–Crippen MR) is 137 cm³/mol. The second-order valence-electron chi connectivity index (χ2n) is 8.13. The number of azo groups is 1. The summed E-state index contributed by atoms with van der Waals surface area (Å²) in [6.07, 6.45) is 0.503. The number of aromatic hydroxyl groups is 1. The van der Waals surface area contributed by atoms with Crippen LogP contribution in [0, 0.1) is 0 Å². The van der Waals surface area contributed by atoms with Crippen LogP contribution in [0.2, 0.25) is 5.02 Å². The first-order valence-electron chi connectivity index (χ1n) is 10.9. The lowest BCUT2D eigenvalue weighted by atomic mass is 10.0. The highest BCUT2D eigenvalue weighted by Crippen LogP contribution is 2.37. The monoisotopic (exact) mass is 553 g/mol. The molecule has 5 rings (SSSR count). The number of hydrogen-bond donors (Lipinski definition) is 4. The fraction of sp³-hybridized carbons (Fsp3) is 0.160. The Morgan fingerprint density at radius 3 is 2.71 bits per heavy atom. The molecule has 1 saturated heterocycles. The average molecular weight is 555 g/mol. The minimum atomic E-state index is -0.543. The Morgan fingerprint density at radius 1 is 1.11 bits per heavy atom. The van der Waals surface area contributed by atoms with Gasteiger partial charge in [-0.15, -0.1) is 10.2 Å². The minimum Gasteiger partial charge on any atom is -0.493 e. The van der Waals surface area contributed by atoms with Gasteiger partial charge in [0, 0.05) is 26.5 Å². The summed E-state index contributed by atoms with van der Waals surface area (Å²) in [6, 6.07) is 20.1. The van der Waals surface area contributed by atoms with Crippen molar-refractivity contribution in [2.45, 2.75) is 25.1 Å². The maximum atomic E-state index is 12.6. The average Bonchev–Trinajstić information content (AvgIpc) is 3.47. The van der Waals surface area contributed by atoms with Gasteiger partial charge in [0.05, 0.1) is 5.52 Å². The van der Waals surface area contributed by atoms with Crippen molar-refractivity contribution >= 4 is 50.0 Å². The molecule has 0 saturated carbocycles. The number of rotatable bonds is 6. The van der Waals surface area contributed by atoms with E-state index >= 15 is 0 Å². The molecule has 0 bridgehead atoms. The summed E-state index contributed by atoms with van der Waals surface area (Å²) in [5.41, 5.74) is 8.98. The zero-order chi connectivity index (χ0) is 24.4. The highest BCUT2D eigenvalue weighted by atomic mass is 79.9. The van der Waals surface area contributed by atoms with Crippen LogP contribution in [-0.4, -0.2) is 22.0 Å². The standard InChI is InChI=1S/C25H21BrClN5O3/c26-16-7-10-20-18(11-16)23(25(34)28-20)31-32-24(33)22-12-21(29-30-22)14-5-8-17(9-6-14)35-13-15-3-1-2-4-19(15)27/h1-11,21-22,28-30,34H,12-13H2. The number of hydrogen-bond acceptors (Lipinski definition) is 6. The molecule has 1 aliphatic rings. The van der Waals surface area contributed by atoms with E-state index in [1.54, 1.807) is 12.1 Å². The number of aromatic nitrogens is 1. The molecule has 8 nitrogen and oxygen atoms in total. The Morgan fingerprint density at radius 2 is 1.91 bits per heavy atom. The van der Waals surface area contributed by atoms with Crippen LogP contribution in [0.1, 0.15) is 23.6 Å². The van der Waals surface area contributed by atoms with Gasteiger partial charge in [-0.3, -0.25) is 4.79 Å². The summed E-state index contributed by atoms with van der Waals surface area (Å²) in [6.45, 7) is 0.382. The molecule has 3 aromatic carbocycles. The summed E-state index contributed by atoms with van der Waals surface area (Å²) in [4.78, 5) is 15.5. The number of carbonyl (C=O) groups is 1. The van der Waals surface area contributed by atoms with Gasteiger partial charge in [0.2, 0.25) is 5.88 Å².